The second-order valence-electron chi connectivity index (χ2n) is 7.77. The van der Waals surface area contributed by atoms with Gasteiger partial charge in [-0.1, -0.05) is 70.3 Å². The van der Waals surface area contributed by atoms with Crippen LogP contribution < -0.4 is 0 Å². The Morgan fingerprint density at radius 1 is 0.889 bits per heavy atom. The first-order chi connectivity index (χ1) is 13.2. The van der Waals surface area contributed by atoms with E-state index in [0.717, 1.165) is 19.3 Å². The van der Waals surface area contributed by atoms with Gasteiger partial charge in [-0.2, -0.15) is 0 Å². The number of rotatable bonds is 18. The van der Waals surface area contributed by atoms with E-state index in [0.29, 0.717) is 6.61 Å². The summed E-state index contributed by atoms with van der Waals surface area (Å²) in [6.45, 7) is 4.20. The van der Waals surface area contributed by atoms with E-state index >= 15 is 0 Å². The predicted molar refractivity (Wildman–Crippen MR) is 109 cm³/mol. The maximum atomic E-state index is 9.81. The van der Waals surface area contributed by atoms with Crippen molar-refractivity contribution >= 4 is 0 Å². The number of aliphatic hydroxyl groups excluding tert-OH is 3. The van der Waals surface area contributed by atoms with E-state index in [1.807, 2.05) is 6.08 Å². The smallest absolute Gasteiger partial charge is 0.114 e. The minimum atomic E-state index is -0.978. The molecular weight excluding hydrogens is 344 g/mol. The molecule has 1 aliphatic heterocycles. The minimum Gasteiger partial charge on any atom is -0.394 e. The zero-order valence-corrected chi connectivity index (χ0v) is 17.1. The summed E-state index contributed by atoms with van der Waals surface area (Å²) in [4.78, 5) is 0. The van der Waals surface area contributed by atoms with Gasteiger partial charge in [0.25, 0.3) is 0 Å². The standard InChI is InChI=1S/C22H42O5/c1-2-3-4-5-6-7-8-9-10-11-12-13-14-15-16-26-20(17-23)22-21(25)19(24)18-27-22/h2,19-25H,1,3-18H2/t19-,20+,21+,22+/m0/s1. The lowest BCUT2D eigenvalue weighted by atomic mass is 10.0. The Morgan fingerprint density at radius 3 is 1.85 bits per heavy atom. The van der Waals surface area contributed by atoms with Crippen molar-refractivity contribution in [1.29, 1.82) is 0 Å². The summed E-state index contributed by atoms with van der Waals surface area (Å²) in [5, 5.41) is 28.7. The second kappa shape index (κ2) is 16.5. The second-order valence-corrected chi connectivity index (χ2v) is 7.77. The first-order valence-corrected chi connectivity index (χ1v) is 11.0. The Hall–Kier alpha value is -0.460. The lowest BCUT2D eigenvalue weighted by molar-refractivity contribution is -0.101. The van der Waals surface area contributed by atoms with Crippen LogP contribution in [0.1, 0.15) is 83.5 Å². The molecule has 1 saturated heterocycles. The molecule has 1 heterocycles. The lowest BCUT2D eigenvalue weighted by Crippen LogP contribution is -2.42. The van der Waals surface area contributed by atoms with E-state index in [4.69, 9.17) is 9.47 Å². The van der Waals surface area contributed by atoms with Crippen LogP contribution in [0.25, 0.3) is 0 Å². The number of aliphatic hydroxyl groups is 3. The molecule has 160 valence electrons. The number of ether oxygens (including phenoxy) is 2. The molecule has 0 saturated carbocycles. The van der Waals surface area contributed by atoms with Crippen LogP contribution in [0.15, 0.2) is 12.7 Å². The molecule has 4 atom stereocenters. The quantitative estimate of drug-likeness (QED) is 0.247. The van der Waals surface area contributed by atoms with Gasteiger partial charge in [0.1, 0.15) is 24.4 Å². The van der Waals surface area contributed by atoms with Crippen LogP contribution in [-0.2, 0) is 9.47 Å². The highest BCUT2D eigenvalue weighted by Crippen LogP contribution is 2.20. The Kier molecular flexibility index (Phi) is 15.0. The van der Waals surface area contributed by atoms with Gasteiger partial charge in [-0.3, -0.25) is 0 Å². The van der Waals surface area contributed by atoms with Crippen molar-refractivity contribution < 1.29 is 24.8 Å². The van der Waals surface area contributed by atoms with Gasteiger partial charge in [0.2, 0.25) is 0 Å². The van der Waals surface area contributed by atoms with E-state index < -0.39 is 24.4 Å². The largest absolute Gasteiger partial charge is 0.394 e. The van der Waals surface area contributed by atoms with Gasteiger partial charge in [-0.15, -0.1) is 6.58 Å². The van der Waals surface area contributed by atoms with Crippen molar-refractivity contribution in [3.63, 3.8) is 0 Å². The summed E-state index contributed by atoms with van der Waals surface area (Å²) in [5.41, 5.74) is 0. The van der Waals surface area contributed by atoms with Crippen LogP contribution in [0.3, 0.4) is 0 Å². The predicted octanol–water partition coefficient (Wildman–Crippen LogP) is 3.74. The van der Waals surface area contributed by atoms with Gasteiger partial charge < -0.3 is 24.8 Å². The molecule has 1 aliphatic rings. The average molecular weight is 387 g/mol. The zero-order valence-electron chi connectivity index (χ0n) is 17.1. The summed E-state index contributed by atoms with van der Waals surface area (Å²) in [5.74, 6) is 0. The molecule has 0 spiro atoms. The number of hydrogen-bond acceptors (Lipinski definition) is 5. The van der Waals surface area contributed by atoms with Crippen molar-refractivity contribution in [2.24, 2.45) is 0 Å². The van der Waals surface area contributed by atoms with E-state index in [-0.39, 0.29) is 13.2 Å². The number of allylic oxidation sites excluding steroid dienone is 1. The van der Waals surface area contributed by atoms with Crippen molar-refractivity contribution in [1.82, 2.24) is 0 Å². The Morgan fingerprint density at radius 2 is 1.41 bits per heavy atom. The molecule has 0 aromatic carbocycles. The average Bonchev–Trinajstić information content (AvgIpc) is 3.00. The van der Waals surface area contributed by atoms with Crippen LogP contribution in [0.2, 0.25) is 0 Å². The third kappa shape index (κ3) is 11.2. The van der Waals surface area contributed by atoms with Gasteiger partial charge in [-0.05, 0) is 19.3 Å². The van der Waals surface area contributed by atoms with Crippen LogP contribution in [0, 0.1) is 0 Å². The molecule has 0 aromatic rings. The molecule has 0 bridgehead atoms. The van der Waals surface area contributed by atoms with Crippen LogP contribution in [0.5, 0.6) is 0 Å². The fourth-order valence-corrected chi connectivity index (χ4v) is 3.60. The molecule has 0 amide bonds. The molecule has 1 fully saturated rings. The molecule has 5 nitrogen and oxygen atoms in total. The maximum absolute atomic E-state index is 9.81. The van der Waals surface area contributed by atoms with Gasteiger partial charge in [-0.25, -0.2) is 0 Å². The Balaban J connectivity index is 1.85. The summed E-state index contributed by atoms with van der Waals surface area (Å²) >= 11 is 0. The van der Waals surface area contributed by atoms with Crippen molar-refractivity contribution in [3.8, 4) is 0 Å². The number of unbranched alkanes of at least 4 members (excludes halogenated alkanes) is 12. The Bertz CT molecular complexity index is 350. The number of hydrogen-bond donors (Lipinski definition) is 3. The van der Waals surface area contributed by atoms with E-state index in [2.05, 4.69) is 6.58 Å². The fraction of sp³-hybridized carbons (Fsp3) is 0.909. The summed E-state index contributed by atoms with van der Waals surface area (Å²) in [6.07, 6.45) is 15.4. The monoisotopic (exact) mass is 386 g/mol. The fourth-order valence-electron chi connectivity index (χ4n) is 3.60. The SMILES string of the molecule is C=CCCCCCCCCCCCCCCO[C@H](CO)[C@H]1OC[C@H](O)[C@H]1O. The van der Waals surface area contributed by atoms with E-state index in [1.165, 1.54) is 64.2 Å². The van der Waals surface area contributed by atoms with E-state index in [1.54, 1.807) is 0 Å². The van der Waals surface area contributed by atoms with Gasteiger partial charge in [0.05, 0.1) is 13.2 Å². The van der Waals surface area contributed by atoms with Crippen LogP contribution >= 0.6 is 0 Å². The highest BCUT2D eigenvalue weighted by atomic mass is 16.6. The molecule has 3 N–H and O–H groups in total. The molecule has 0 radical (unpaired) electrons. The molecule has 0 aliphatic carbocycles. The van der Waals surface area contributed by atoms with Crippen molar-refractivity contribution in [2.75, 3.05) is 19.8 Å². The summed E-state index contributed by atoms with van der Waals surface area (Å²) in [6, 6.07) is 0. The highest BCUT2D eigenvalue weighted by Gasteiger charge is 2.40. The maximum Gasteiger partial charge on any atom is 0.114 e. The summed E-state index contributed by atoms with van der Waals surface area (Å²) < 4.78 is 11.0. The molecule has 0 aromatic heterocycles. The highest BCUT2D eigenvalue weighted by molar-refractivity contribution is 4.88. The van der Waals surface area contributed by atoms with E-state index in [9.17, 15) is 15.3 Å². The third-order valence-corrected chi connectivity index (χ3v) is 5.37. The topological polar surface area (TPSA) is 79.2 Å². The lowest BCUT2D eigenvalue weighted by Gasteiger charge is -2.24. The van der Waals surface area contributed by atoms with Gasteiger partial charge >= 0.3 is 0 Å². The Labute approximate surface area is 165 Å². The minimum absolute atomic E-state index is 0.0982. The van der Waals surface area contributed by atoms with Gasteiger partial charge in [0, 0.05) is 6.61 Å². The van der Waals surface area contributed by atoms with Crippen LogP contribution in [0.4, 0.5) is 0 Å². The van der Waals surface area contributed by atoms with Crippen molar-refractivity contribution in [3.05, 3.63) is 12.7 Å². The molecule has 1 rings (SSSR count). The first-order valence-electron chi connectivity index (χ1n) is 11.0. The molecule has 5 heteroatoms. The van der Waals surface area contributed by atoms with Crippen LogP contribution in [-0.4, -0.2) is 59.6 Å². The molecule has 0 unspecified atom stereocenters. The van der Waals surface area contributed by atoms with Crippen molar-refractivity contribution in [2.45, 2.75) is 108 Å². The summed E-state index contributed by atoms with van der Waals surface area (Å²) in [7, 11) is 0. The third-order valence-electron chi connectivity index (χ3n) is 5.37. The van der Waals surface area contributed by atoms with Gasteiger partial charge in [0.15, 0.2) is 0 Å². The molecule has 27 heavy (non-hydrogen) atoms. The normalized spacial score (nSPS) is 23.6. The molecular formula is C22H42O5. The zero-order chi connectivity index (χ0) is 19.7. The first kappa shape index (κ1) is 24.6.